The summed E-state index contributed by atoms with van der Waals surface area (Å²) in [5, 5.41) is 17.0. The Morgan fingerprint density at radius 2 is 1.58 bits per heavy atom. The number of rotatable bonds is 8. The van der Waals surface area contributed by atoms with Gasteiger partial charge in [-0.25, -0.2) is 0 Å². The van der Waals surface area contributed by atoms with Crippen LogP contribution in [0.15, 0.2) is 58.8 Å². The van der Waals surface area contributed by atoms with Crippen LogP contribution in [0, 0.1) is 11.3 Å². The van der Waals surface area contributed by atoms with E-state index in [1.807, 2.05) is 31.2 Å². The van der Waals surface area contributed by atoms with Gasteiger partial charge in [-0.1, -0.05) is 12.1 Å². The number of nitriles is 1. The number of nitrogens with zero attached hydrogens (tertiary/aromatic N) is 4. The van der Waals surface area contributed by atoms with Crippen molar-refractivity contribution in [3.05, 3.63) is 54.1 Å². The van der Waals surface area contributed by atoms with Crippen LogP contribution < -0.4 is 4.90 Å². The quantitative estimate of drug-likeness (QED) is 0.551. The maximum atomic E-state index is 10.8. The van der Waals surface area contributed by atoms with Crippen LogP contribution in [0.4, 0.5) is 17.1 Å². The minimum absolute atomic E-state index is 0.425. The van der Waals surface area contributed by atoms with Gasteiger partial charge >= 0.3 is 0 Å². The van der Waals surface area contributed by atoms with Crippen LogP contribution in [0.3, 0.4) is 0 Å². The molecule has 7 nitrogen and oxygen atoms in total. The maximum Gasteiger partial charge on any atom is 0.269 e. The topological polar surface area (TPSA) is 106 Å². The molecular formula is C18H20N4O3S. The fourth-order valence-electron chi connectivity index (χ4n) is 2.37. The number of benzene rings is 2. The second-order valence-corrected chi connectivity index (χ2v) is 7.05. The summed E-state index contributed by atoms with van der Waals surface area (Å²) < 4.78 is 30.5. The Balaban J connectivity index is 2.03. The Morgan fingerprint density at radius 3 is 2.04 bits per heavy atom. The van der Waals surface area contributed by atoms with E-state index in [-0.39, 0.29) is 0 Å². The molecule has 0 atom stereocenters. The molecule has 2 aromatic carbocycles. The molecule has 2 aromatic rings. The van der Waals surface area contributed by atoms with Crippen molar-refractivity contribution in [3.63, 3.8) is 0 Å². The number of anilines is 1. The van der Waals surface area contributed by atoms with Crippen molar-refractivity contribution in [3.8, 4) is 6.07 Å². The lowest BCUT2D eigenvalue weighted by Crippen LogP contribution is -2.23. The predicted octanol–water partition coefficient (Wildman–Crippen LogP) is 4.23. The second kappa shape index (κ2) is 9.08. The predicted molar refractivity (Wildman–Crippen MR) is 100 cm³/mol. The van der Waals surface area contributed by atoms with E-state index in [0.717, 1.165) is 12.2 Å². The van der Waals surface area contributed by atoms with Crippen LogP contribution in [-0.2, 0) is 15.9 Å². The van der Waals surface area contributed by atoms with E-state index >= 15 is 0 Å². The fourth-order valence-corrected chi connectivity index (χ4v) is 2.98. The molecule has 2 rings (SSSR count). The van der Waals surface area contributed by atoms with E-state index in [9.17, 15) is 8.42 Å². The summed E-state index contributed by atoms with van der Waals surface area (Å²) in [5.41, 5.74) is 2.77. The van der Waals surface area contributed by atoms with Crippen LogP contribution in [-0.4, -0.2) is 26.1 Å². The molecule has 26 heavy (non-hydrogen) atoms. The van der Waals surface area contributed by atoms with Crippen molar-refractivity contribution in [1.82, 2.24) is 0 Å². The van der Waals surface area contributed by atoms with Gasteiger partial charge in [0.15, 0.2) is 0 Å². The first-order valence-corrected chi connectivity index (χ1v) is 9.70. The Bertz CT molecular complexity index is 886. The molecule has 0 fully saturated rings. The normalized spacial score (nSPS) is 11.4. The number of hydrogen-bond donors (Lipinski definition) is 1. The number of azo groups is 1. The van der Waals surface area contributed by atoms with Gasteiger partial charge in [-0.2, -0.15) is 23.9 Å². The van der Waals surface area contributed by atoms with Crippen LogP contribution in [0.5, 0.6) is 0 Å². The minimum atomic E-state index is -4.04. The van der Waals surface area contributed by atoms with Crippen molar-refractivity contribution in [2.45, 2.75) is 19.1 Å². The molecule has 0 unspecified atom stereocenters. The zero-order valence-electron chi connectivity index (χ0n) is 14.4. The maximum absolute atomic E-state index is 10.8. The molecule has 0 aromatic heterocycles. The molecule has 0 heterocycles. The molecule has 0 spiro atoms. The molecule has 136 valence electrons. The van der Waals surface area contributed by atoms with Crippen LogP contribution in [0.1, 0.15) is 18.9 Å². The molecule has 0 radical (unpaired) electrons. The van der Waals surface area contributed by atoms with E-state index in [0.29, 0.717) is 29.9 Å². The molecule has 0 saturated heterocycles. The Morgan fingerprint density at radius 1 is 1.04 bits per heavy atom. The SMILES string of the molecule is CCN(CCC#N)c1ccc(N=Nc2ccc(CS(=O)(=O)O)cc2)cc1. The largest absolute Gasteiger partial charge is 0.371 e. The lowest BCUT2D eigenvalue weighted by Gasteiger charge is -2.21. The third-order valence-corrected chi connectivity index (χ3v) is 4.35. The van der Waals surface area contributed by atoms with Gasteiger partial charge in [0.2, 0.25) is 0 Å². The average Bonchev–Trinajstić information content (AvgIpc) is 2.61. The fraction of sp³-hybridized carbons (Fsp3) is 0.278. The Labute approximate surface area is 153 Å². The van der Waals surface area contributed by atoms with E-state index in [4.69, 9.17) is 9.81 Å². The summed E-state index contributed by atoms with van der Waals surface area (Å²) in [5.74, 6) is -0.425. The smallest absolute Gasteiger partial charge is 0.269 e. The molecule has 0 bridgehead atoms. The minimum Gasteiger partial charge on any atom is -0.371 e. The lowest BCUT2D eigenvalue weighted by atomic mass is 10.2. The first kappa shape index (κ1) is 19.6. The van der Waals surface area contributed by atoms with Gasteiger partial charge in [0, 0.05) is 18.8 Å². The lowest BCUT2D eigenvalue weighted by molar-refractivity contribution is 0.482. The van der Waals surface area contributed by atoms with Gasteiger partial charge in [0.1, 0.15) is 5.75 Å². The van der Waals surface area contributed by atoms with Gasteiger partial charge in [0.25, 0.3) is 10.1 Å². The van der Waals surface area contributed by atoms with Gasteiger partial charge in [0.05, 0.1) is 23.9 Å². The van der Waals surface area contributed by atoms with Crippen LogP contribution in [0.25, 0.3) is 0 Å². The van der Waals surface area contributed by atoms with Crippen LogP contribution in [0.2, 0.25) is 0 Å². The third kappa shape index (κ3) is 6.27. The Hall–Kier alpha value is -2.76. The first-order chi connectivity index (χ1) is 12.4. The summed E-state index contributed by atoms with van der Waals surface area (Å²) in [4.78, 5) is 2.11. The summed E-state index contributed by atoms with van der Waals surface area (Å²) >= 11 is 0. The monoisotopic (exact) mass is 372 g/mol. The van der Waals surface area contributed by atoms with E-state index in [1.54, 1.807) is 24.3 Å². The van der Waals surface area contributed by atoms with E-state index in [1.165, 1.54) is 0 Å². The van der Waals surface area contributed by atoms with Crippen molar-refractivity contribution >= 4 is 27.2 Å². The average molecular weight is 372 g/mol. The molecule has 0 aliphatic rings. The summed E-state index contributed by atoms with van der Waals surface area (Å²) in [6, 6.07) is 16.2. The summed E-state index contributed by atoms with van der Waals surface area (Å²) in [6.45, 7) is 3.54. The highest BCUT2D eigenvalue weighted by Gasteiger charge is 2.06. The van der Waals surface area contributed by atoms with Crippen molar-refractivity contribution in [2.24, 2.45) is 10.2 Å². The summed E-state index contributed by atoms with van der Waals surface area (Å²) in [7, 11) is -4.04. The highest BCUT2D eigenvalue weighted by atomic mass is 32.2. The van der Waals surface area contributed by atoms with Crippen molar-refractivity contribution in [2.75, 3.05) is 18.0 Å². The first-order valence-electron chi connectivity index (χ1n) is 8.09. The number of hydrogen-bond acceptors (Lipinski definition) is 6. The standard InChI is InChI=1S/C18H20N4O3S/c1-2-22(13-3-12-19)18-10-8-17(9-11-18)21-20-16-6-4-15(5-7-16)14-26(23,24)25/h4-11H,2-3,13-14H2,1H3,(H,23,24,25). The molecular weight excluding hydrogens is 352 g/mol. The van der Waals surface area contributed by atoms with Gasteiger partial charge < -0.3 is 4.90 Å². The molecule has 0 aliphatic heterocycles. The molecule has 8 heteroatoms. The Kier molecular flexibility index (Phi) is 6.83. The summed E-state index contributed by atoms with van der Waals surface area (Å²) in [6.07, 6.45) is 0.475. The molecule has 0 amide bonds. The van der Waals surface area contributed by atoms with Crippen molar-refractivity contribution in [1.29, 1.82) is 5.26 Å². The third-order valence-electron chi connectivity index (χ3n) is 3.66. The molecule has 0 saturated carbocycles. The van der Waals surface area contributed by atoms with Gasteiger partial charge in [-0.05, 0) is 48.9 Å². The van der Waals surface area contributed by atoms with Gasteiger partial charge in [-0.3, -0.25) is 4.55 Å². The van der Waals surface area contributed by atoms with E-state index in [2.05, 4.69) is 21.2 Å². The molecule has 1 N–H and O–H groups in total. The van der Waals surface area contributed by atoms with Crippen LogP contribution >= 0.6 is 0 Å². The highest BCUT2D eigenvalue weighted by Crippen LogP contribution is 2.23. The van der Waals surface area contributed by atoms with E-state index < -0.39 is 15.9 Å². The van der Waals surface area contributed by atoms with Gasteiger partial charge in [-0.15, -0.1) is 0 Å². The zero-order valence-corrected chi connectivity index (χ0v) is 15.2. The second-order valence-electron chi connectivity index (χ2n) is 5.60. The highest BCUT2D eigenvalue weighted by molar-refractivity contribution is 7.85. The zero-order chi connectivity index (χ0) is 19.0. The van der Waals surface area contributed by atoms with Crippen molar-refractivity contribution < 1.29 is 13.0 Å². The molecule has 0 aliphatic carbocycles.